The van der Waals surface area contributed by atoms with Gasteiger partial charge in [0.05, 0.1) is 0 Å². The van der Waals surface area contributed by atoms with E-state index in [1.54, 1.807) is 0 Å². The lowest BCUT2D eigenvalue weighted by atomic mass is 10.2. The van der Waals surface area contributed by atoms with Crippen molar-refractivity contribution in [1.82, 2.24) is 5.32 Å². The standard InChI is InChI=1S/C16H17BrN2O2/c1-18-10-12-4-2-3-5-15(12)21-11-16(20)19-14-8-6-13(17)7-9-14/h2-9,18H,10-11H2,1H3,(H,19,20). The van der Waals surface area contributed by atoms with Crippen molar-refractivity contribution in [2.45, 2.75) is 6.54 Å². The number of carbonyl (C=O) groups excluding carboxylic acids is 1. The van der Waals surface area contributed by atoms with Gasteiger partial charge in [-0.2, -0.15) is 0 Å². The largest absolute Gasteiger partial charge is 0.483 e. The number of amides is 1. The van der Waals surface area contributed by atoms with Gasteiger partial charge in [-0.15, -0.1) is 0 Å². The van der Waals surface area contributed by atoms with Gasteiger partial charge in [-0.05, 0) is 37.4 Å². The molecule has 5 heteroatoms. The van der Waals surface area contributed by atoms with E-state index in [9.17, 15) is 4.79 Å². The molecule has 0 heterocycles. The maximum Gasteiger partial charge on any atom is 0.262 e. The van der Waals surface area contributed by atoms with Crippen molar-refractivity contribution in [1.29, 1.82) is 0 Å². The average molecular weight is 349 g/mol. The highest BCUT2D eigenvalue weighted by Crippen LogP contribution is 2.18. The summed E-state index contributed by atoms with van der Waals surface area (Å²) in [6.45, 7) is 0.682. The van der Waals surface area contributed by atoms with Crippen molar-refractivity contribution >= 4 is 27.5 Å². The van der Waals surface area contributed by atoms with E-state index in [2.05, 4.69) is 26.6 Å². The van der Waals surface area contributed by atoms with Crippen molar-refractivity contribution in [3.05, 3.63) is 58.6 Å². The van der Waals surface area contributed by atoms with Gasteiger partial charge >= 0.3 is 0 Å². The molecule has 4 nitrogen and oxygen atoms in total. The molecule has 0 aromatic heterocycles. The van der Waals surface area contributed by atoms with Gasteiger partial charge in [0.1, 0.15) is 5.75 Å². The van der Waals surface area contributed by atoms with Crippen molar-refractivity contribution in [3.8, 4) is 5.75 Å². The third kappa shape index (κ3) is 4.88. The van der Waals surface area contributed by atoms with E-state index in [1.807, 2.05) is 55.6 Å². The molecule has 2 aromatic rings. The Balaban J connectivity index is 1.90. The molecular formula is C16H17BrN2O2. The Morgan fingerprint density at radius 1 is 1.14 bits per heavy atom. The van der Waals surface area contributed by atoms with Crippen LogP contribution in [0.15, 0.2) is 53.0 Å². The van der Waals surface area contributed by atoms with E-state index in [4.69, 9.17) is 4.74 Å². The molecular weight excluding hydrogens is 332 g/mol. The summed E-state index contributed by atoms with van der Waals surface area (Å²) in [6, 6.07) is 15.1. The van der Waals surface area contributed by atoms with E-state index < -0.39 is 0 Å². The molecule has 21 heavy (non-hydrogen) atoms. The minimum atomic E-state index is -0.184. The highest BCUT2D eigenvalue weighted by molar-refractivity contribution is 9.10. The molecule has 0 atom stereocenters. The van der Waals surface area contributed by atoms with Crippen LogP contribution in [0, 0.1) is 0 Å². The number of para-hydroxylation sites is 1. The highest BCUT2D eigenvalue weighted by Gasteiger charge is 2.06. The Morgan fingerprint density at radius 2 is 1.86 bits per heavy atom. The SMILES string of the molecule is CNCc1ccccc1OCC(=O)Nc1ccc(Br)cc1. The fraction of sp³-hybridized carbons (Fsp3) is 0.188. The summed E-state index contributed by atoms with van der Waals surface area (Å²) in [5, 5.41) is 5.86. The number of nitrogens with one attached hydrogen (secondary N) is 2. The number of ether oxygens (including phenoxy) is 1. The Kier molecular flexibility index (Phi) is 5.78. The molecule has 0 saturated carbocycles. The van der Waals surface area contributed by atoms with Gasteiger partial charge in [-0.25, -0.2) is 0 Å². The van der Waals surface area contributed by atoms with Gasteiger partial charge < -0.3 is 15.4 Å². The van der Waals surface area contributed by atoms with Crippen molar-refractivity contribution in [2.75, 3.05) is 19.0 Å². The molecule has 0 unspecified atom stereocenters. The zero-order valence-electron chi connectivity index (χ0n) is 11.7. The van der Waals surface area contributed by atoms with Gasteiger partial charge in [0.2, 0.25) is 0 Å². The normalized spacial score (nSPS) is 10.2. The molecule has 0 bridgehead atoms. The van der Waals surface area contributed by atoms with Crippen LogP contribution in [0.2, 0.25) is 0 Å². The summed E-state index contributed by atoms with van der Waals surface area (Å²) >= 11 is 3.35. The number of rotatable bonds is 6. The first kappa shape index (κ1) is 15.5. The van der Waals surface area contributed by atoms with Crippen LogP contribution in [0.3, 0.4) is 0 Å². The number of hydrogen-bond acceptors (Lipinski definition) is 3. The van der Waals surface area contributed by atoms with Crippen LogP contribution in [0.5, 0.6) is 5.75 Å². The van der Waals surface area contributed by atoms with Gasteiger partial charge in [0, 0.05) is 22.3 Å². The summed E-state index contributed by atoms with van der Waals surface area (Å²) in [4.78, 5) is 11.9. The maximum atomic E-state index is 11.9. The molecule has 0 radical (unpaired) electrons. The van der Waals surface area contributed by atoms with Crippen LogP contribution in [-0.2, 0) is 11.3 Å². The Morgan fingerprint density at radius 3 is 2.57 bits per heavy atom. The second-order valence-corrected chi connectivity index (χ2v) is 5.40. The van der Waals surface area contributed by atoms with E-state index in [-0.39, 0.29) is 12.5 Å². The highest BCUT2D eigenvalue weighted by atomic mass is 79.9. The molecule has 2 N–H and O–H groups in total. The molecule has 0 saturated heterocycles. The van der Waals surface area contributed by atoms with Gasteiger partial charge in [0.15, 0.2) is 6.61 Å². The number of halogens is 1. The molecule has 0 fully saturated rings. The minimum Gasteiger partial charge on any atom is -0.483 e. The summed E-state index contributed by atoms with van der Waals surface area (Å²) in [5.74, 6) is 0.536. The first-order valence-electron chi connectivity index (χ1n) is 6.60. The molecule has 1 amide bonds. The summed E-state index contributed by atoms with van der Waals surface area (Å²) in [7, 11) is 1.87. The molecule has 0 aliphatic carbocycles. The predicted octanol–water partition coefficient (Wildman–Crippen LogP) is 3.19. The van der Waals surface area contributed by atoms with E-state index >= 15 is 0 Å². The van der Waals surface area contributed by atoms with Gasteiger partial charge in [-0.1, -0.05) is 34.1 Å². The maximum absolute atomic E-state index is 11.9. The lowest BCUT2D eigenvalue weighted by Crippen LogP contribution is -2.20. The molecule has 2 rings (SSSR count). The molecule has 110 valence electrons. The van der Waals surface area contributed by atoms with E-state index in [1.165, 1.54) is 0 Å². The summed E-state index contributed by atoms with van der Waals surface area (Å²) in [6.07, 6.45) is 0. The molecule has 2 aromatic carbocycles. The topological polar surface area (TPSA) is 50.4 Å². The monoisotopic (exact) mass is 348 g/mol. The zero-order valence-corrected chi connectivity index (χ0v) is 13.3. The first-order valence-corrected chi connectivity index (χ1v) is 7.39. The second-order valence-electron chi connectivity index (χ2n) is 4.48. The number of anilines is 1. The van der Waals surface area contributed by atoms with Crippen LogP contribution in [-0.4, -0.2) is 19.6 Å². The average Bonchev–Trinajstić information content (AvgIpc) is 2.49. The third-order valence-electron chi connectivity index (χ3n) is 2.83. The molecule has 0 aliphatic heterocycles. The number of benzene rings is 2. The van der Waals surface area contributed by atoms with Crippen molar-refractivity contribution < 1.29 is 9.53 Å². The number of carbonyl (C=O) groups is 1. The predicted molar refractivity (Wildman–Crippen MR) is 87.5 cm³/mol. The minimum absolute atomic E-state index is 0.0171. The van der Waals surface area contributed by atoms with E-state index in [0.717, 1.165) is 21.5 Å². The molecule has 0 spiro atoms. The van der Waals surface area contributed by atoms with Crippen LogP contribution in [0.4, 0.5) is 5.69 Å². The van der Waals surface area contributed by atoms with Crippen molar-refractivity contribution in [2.24, 2.45) is 0 Å². The van der Waals surface area contributed by atoms with Gasteiger partial charge in [-0.3, -0.25) is 4.79 Å². The second kappa shape index (κ2) is 7.81. The van der Waals surface area contributed by atoms with Gasteiger partial charge in [0.25, 0.3) is 5.91 Å². The lowest BCUT2D eigenvalue weighted by molar-refractivity contribution is -0.118. The summed E-state index contributed by atoms with van der Waals surface area (Å²) < 4.78 is 6.56. The quantitative estimate of drug-likeness (QED) is 0.842. The van der Waals surface area contributed by atoms with E-state index in [0.29, 0.717) is 6.54 Å². The Bertz CT molecular complexity index is 599. The fourth-order valence-electron chi connectivity index (χ4n) is 1.85. The fourth-order valence-corrected chi connectivity index (χ4v) is 2.12. The van der Waals surface area contributed by atoms with Crippen LogP contribution >= 0.6 is 15.9 Å². The first-order chi connectivity index (χ1) is 10.2. The molecule has 0 aliphatic rings. The van der Waals surface area contributed by atoms with Crippen LogP contribution in [0.25, 0.3) is 0 Å². The zero-order chi connectivity index (χ0) is 15.1. The number of hydrogen-bond donors (Lipinski definition) is 2. The lowest BCUT2D eigenvalue weighted by Gasteiger charge is -2.11. The van der Waals surface area contributed by atoms with Crippen LogP contribution in [0.1, 0.15) is 5.56 Å². The third-order valence-corrected chi connectivity index (χ3v) is 3.36. The Hall–Kier alpha value is -1.85. The van der Waals surface area contributed by atoms with Crippen LogP contribution < -0.4 is 15.4 Å². The smallest absolute Gasteiger partial charge is 0.262 e. The van der Waals surface area contributed by atoms with Crippen molar-refractivity contribution in [3.63, 3.8) is 0 Å². The Labute approximate surface area is 132 Å². The summed E-state index contributed by atoms with van der Waals surface area (Å²) in [5.41, 5.74) is 1.77.